The molecule has 7 heteroatoms. The third-order valence-electron chi connectivity index (χ3n) is 1.87. The Labute approximate surface area is 99.1 Å². The number of hydrogen-bond donors (Lipinski definition) is 0. The van der Waals surface area contributed by atoms with E-state index >= 15 is 0 Å². The lowest BCUT2D eigenvalue weighted by atomic mass is 10.0. The third kappa shape index (κ3) is 3.20. The van der Waals surface area contributed by atoms with Crippen LogP contribution in [0.1, 0.15) is 27.6 Å². The molecule has 0 atom stereocenters. The summed E-state index contributed by atoms with van der Waals surface area (Å²) in [6, 6.07) is 1.94. The number of Topliss-reactive ketones (excluding diaryl/α,β-unsaturated/α-hetero) is 1. The largest absolute Gasteiger partial charge is 0.573 e. The van der Waals surface area contributed by atoms with Gasteiger partial charge in [0.05, 0.1) is 5.02 Å². The van der Waals surface area contributed by atoms with Crippen LogP contribution in [0.3, 0.4) is 0 Å². The zero-order valence-corrected chi connectivity index (χ0v) is 9.22. The summed E-state index contributed by atoms with van der Waals surface area (Å²) in [6.45, 7) is 1.17. The highest BCUT2D eigenvalue weighted by molar-refractivity contribution is 6.35. The Bertz CT molecular complexity index is 469. The van der Waals surface area contributed by atoms with Gasteiger partial charge in [-0.25, -0.2) is 0 Å². The number of carbonyl (C=O) groups excluding carboxylic acids is 2. The summed E-state index contributed by atoms with van der Waals surface area (Å²) in [7, 11) is 0. The lowest BCUT2D eigenvalue weighted by Gasteiger charge is -2.12. The number of rotatable bonds is 3. The van der Waals surface area contributed by atoms with Gasteiger partial charge in [-0.2, -0.15) is 0 Å². The van der Waals surface area contributed by atoms with Crippen LogP contribution in [-0.2, 0) is 0 Å². The maximum Gasteiger partial charge on any atom is 0.573 e. The fourth-order valence-corrected chi connectivity index (χ4v) is 1.45. The van der Waals surface area contributed by atoms with Gasteiger partial charge in [-0.05, 0) is 19.1 Å². The lowest BCUT2D eigenvalue weighted by Crippen LogP contribution is -2.18. The molecule has 0 aromatic heterocycles. The van der Waals surface area contributed by atoms with E-state index in [1.54, 1.807) is 0 Å². The van der Waals surface area contributed by atoms with E-state index in [0.717, 1.165) is 12.1 Å². The second kappa shape index (κ2) is 4.75. The molecule has 0 saturated heterocycles. The molecule has 1 rings (SSSR count). The predicted molar refractivity (Wildman–Crippen MR) is 53.5 cm³/mol. The van der Waals surface area contributed by atoms with E-state index in [0.29, 0.717) is 0 Å². The zero-order valence-electron chi connectivity index (χ0n) is 8.47. The second-order valence-electron chi connectivity index (χ2n) is 3.06. The fraction of sp³-hybridized carbons (Fsp3) is 0.200. The molecule has 0 heterocycles. The molecule has 0 amide bonds. The highest BCUT2D eigenvalue weighted by Crippen LogP contribution is 2.33. The minimum atomic E-state index is -4.92. The summed E-state index contributed by atoms with van der Waals surface area (Å²) >= 11 is 5.56. The van der Waals surface area contributed by atoms with Gasteiger partial charge in [-0.3, -0.25) is 9.59 Å². The Morgan fingerprint density at radius 1 is 1.41 bits per heavy atom. The Balaban J connectivity index is 3.30. The fourth-order valence-electron chi connectivity index (χ4n) is 1.20. The van der Waals surface area contributed by atoms with Gasteiger partial charge in [0.2, 0.25) is 0 Å². The standard InChI is InChI=1S/C10H6ClF3O3/c1-5(16)6-2-3-8(17-10(12,13)14)9(11)7(6)4-15/h2-4H,1H3. The molecule has 0 spiro atoms. The molecule has 0 fully saturated rings. The molecule has 0 aliphatic carbocycles. The normalized spacial score (nSPS) is 11.1. The van der Waals surface area contributed by atoms with E-state index in [1.165, 1.54) is 6.92 Å². The van der Waals surface area contributed by atoms with Crippen molar-refractivity contribution in [3.8, 4) is 5.75 Å². The van der Waals surface area contributed by atoms with Crippen LogP contribution in [0.15, 0.2) is 12.1 Å². The van der Waals surface area contributed by atoms with Crippen molar-refractivity contribution < 1.29 is 27.5 Å². The molecule has 17 heavy (non-hydrogen) atoms. The SMILES string of the molecule is CC(=O)c1ccc(OC(F)(F)F)c(Cl)c1C=O. The van der Waals surface area contributed by atoms with Gasteiger partial charge >= 0.3 is 6.36 Å². The van der Waals surface area contributed by atoms with Crippen LogP contribution in [0.5, 0.6) is 5.75 Å². The molecular formula is C10H6ClF3O3. The molecule has 92 valence electrons. The van der Waals surface area contributed by atoms with Gasteiger partial charge in [0, 0.05) is 11.1 Å². The second-order valence-corrected chi connectivity index (χ2v) is 3.44. The molecule has 0 unspecified atom stereocenters. The average molecular weight is 267 g/mol. The van der Waals surface area contributed by atoms with Gasteiger partial charge in [-0.1, -0.05) is 11.6 Å². The maximum atomic E-state index is 12.0. The summed E-state index contributed by atoms with van der Waals surface area (Å²) in [5, 5.41) is -0.537. The van der Waals surface area contributed by atoms with Crippen molar-refractivity contribution in [2.24, 2.45) is 0 Å². The Morgan fingerprint density at radius 2 is 2.00 bits per heavy atom. The van der Waals surface area contributed by atoms with Gasteiger partial charge in [0.25, 0.3) is 0 Å². The smallest absolute Gasteiger partial charge is 0.404 e. The molecule has 0 radical (unpaired) electrons. The van der Waals surface area contributed by atoms with Crippen LogP contribution in [-0.4, -0.2) is 18.4 Å². The molecule has 0 saturated carbocycles. The summed E-state index contributed by atoms with van der Waals surface area (Å²) in [5.41, 5.74) is -0.375. The minimum Gasteiger partial charge on any atom is -0.404 e. The van der Waals surface area contributed by atoms with E-state index in [1.807, 2.05) is 0 Å². The molecular weight excluding hydrogens is 261 g/mol. The van der Waals surface area contributed by atoms with Crippen LogP contribution in [0.2, 0.25) is 5.02 Å². The monoisotopic (exact) mass is 266 g/mol. The number of hydrogen-bond acceptors (Lipinski definition) is 3. The number of ether oxygens (including phenoxy) is 1. The van der Waals surface area contributed by atoms with Crippen molar-refractivity contribution in [1.29, 1.82) is 0 Å². The average Bonchev–Trinajstić information content (AvgIpc) is 2.18. The maximum absolute atomic E-state index is 12.0. The van der Waals surface area contributed by atoms with Crippen LogP contribution >= 0.6 is 11.6 Å². The van der Waals surface area contributed by atoms with E-state index in [9.17, 15) is 22.8 Å². The van der Waals surface area contributed by atoms with Crippen molar-refractivity contribution in [3.05, 3.63) is 28.3 Å². The number of halogens is 4. The molecule has 0 aliphatic heterocycles. The van der Waals surface area contributed by atoms with Gasteiger partial charge in [0.1, 0.15) is 5.75 Å². The lowest BCUT2D eigenvalue weighted by molar-refractivity contribution is -0.274. The van der Waals surface area contributed by atoms with Crippen LogP contribution in [0.25, 0.3) is 0 Å². The molecule has 0 bridgehead atoms. The van der Waals surface area contributed by atoms with E-state index in [4.69, 9.17) is 11.6 Å². The Morgan fingerprint density at radius 3 is 2.41 bits per heavy atom. The third-order valence-corrected chi connectivity index (χ3v) is 2.26. The summed E-state index contributed by atoms with van der Waals surface area (Å²) in [5.74, 6) is -1.20. The molecule has 0 aliphatic rings. The molecule has 3 nitrogen and oxygen atoms in total. The molecule has 1 aromatic carbocycles. The summed E-state index contributed by atoms with van der Waals surface area (Å²) < 4.78 is 39.5. The summed E-state index contributed by atoms with van der Waals surface area (Å²) in [6.07, 6.45) is -4.70. The number of aldehydes is 1. The zero-order chi connectivity index (χ0) is 13.2. The first-order valence-electron chi connectivity index (χ1n) is 4.30. The van der Waals surface area contributed by atoms with Crippen LogP contribution in [0, 0.1) is 0 Å². The van der Waals surface area contributed by atoms with Gasteiger partial charge < -0.3 is 4.74 Å². The van der Waals surface area contributed by atoms with E-state index in [2.05, 4.69) is 4.74 Å². The highest BCUT2D eigenvalue weighted by Gasteiger charge is 2.32. The Kier molecular flexibility index (Phi) is 3.77. The number of carbonyl (C=O) groups is 2. The molecule has 1 aromatic rings. The number of ketones is 1. The quantitative estimate of drug-likeness (QED) is 0.623. The van der Waals surface area contributed by atoms with Crippen LogP contribution in [0.4, 0.5) is 13.2 Å². The Hall–Kier alpha value is -1.56. The van der Waals surface area contributed by atoms with Gasteiger partial charge in [0.15, 0.2) is 12.1 Å². The van der Waals surface area contributed by atoms with E-state index in [-0.39, 0.29) is 17.4 Å². The van der Waals surface area contributed by atoms with Crippen molar-refractivity contribution >= 4 is 23.7 Å². The first-order chi connectivity index (χ1) is 7.76. The van der Waals surface area contributed by atoms with Crippen molar-refractivity contribution in [2.75, 3.05) is 0 Å². The van der Waals surface area contributed by atoms with Crippen LogP contribution < -0.4 is 4.74 Å². The first kappa shape index (κ1) is 13.5. The van der Waals surface area contributed by atoms with Gasteiger partial charge in [-0.15, -0.1) is 13.2 Å². The first-order valence-corrected chi connectivity index (χ1v) is 4.68. The van der Waals surface area contributed by atoms with E-state index < -0.39 is 22.9 Å². The topological polar surface area (TPSA) is 43.4 Å². The summed E-state index contributed by atoms with van der Waals surface area (Å²) in [4.78, 5) is 21.8. The van der Waals surface area contributed by atoms with Crippen molar-refractivity contribution in [1.82, 2.24) is 0 Å². The predicted octanol–water partition coefficient (Wildman–Crippen LogP) is 3.25. The van der Waals surface area contributed by atoms with Crippen molar-refractivity contribution in [2.45, 2.75) is 13.3 Å². The number of alkyl halides is 3. The highest BCUT2D eigenvalue weighted by atomic mass is 35.5. The molecule has 0 N–H and O–H groups in total. The minimum absolute atomic E-state index is 0.0560. The van der Waals surface area contributed by atoms with Crippen molar-refractivity contribution in [3.63, 3.8) is 0 Å². The number of benzene rings is 1.